The molecule has 0 heterocycles. The molecule has 0 spiro atoms. The molecule has 0 saturated carbocycles. The van der Waals surface area contributed by atoms with Gasteiger partial charge in [0.05, 0.1) is 13.3 Å². The second-order valence-electron chi connectivity index (χ2n) is 4.99. The molecule has 0 aliphatic heterocycles. The Morgan fingerprint density at radius 1 is 1.33 bits per heavy atom. The average Bonchev–Trinajstić information content (AvgIpc) is 2.59. The van der Waals surface area contributed by atoms with Gasteiger partial charge in [-0.2, -0.15) is 5.10 Å². The van der Waals surface area contributed by atoms with E-state index >= 15 is 0 Å². The maximum Gasteiger partial charge on any atom is 0.329 e. The molecule has 0 unspecified atom stereocenters. The number of nitrogens with zero attached hydrogens (tertiary/aromatic N) is 1. The van der Waals surface area contributed by atoms with Crippen LogP contribution in [0, 0.1) is 0 Å². The predicted molar refractivity (Wildman–Crippen MR) is 92.3 cm³/mol. The summed E-state index contributed by atoms with van der Waals surface area (Å²) in [5.41, 5.74) is 2.86. The van der Waals surface area contributed by atoms with Gasteiger partial charge in [-0.1, -0.05) is 19.6 Å². The fourth-order valence-corrected chi connectivity index (χ4v) is 1.64. The van der Waals surface area contributed by atoms with E-state index in [4.69, 9.17) is 9.47 Å². The fourth-order valence-electron chi connectivity index (χ4n) is 1.64. The number of nitrogens with one attached hydrogen (secondary N) is 2. The molecule has 7 nitrogen and oxygen atoms in total. The summed E-state index contributed by atoms with van der Waals surface area (Å²) in [5, 5.41) is 6.32. The molecule has 2 N–H and O–H groups in total. The fraction of sp³-hybridized carbons (Fsp3) is 0.353. The van der Waals surface area contributed by atoms with Gasteiger partial charge in [-0.25, -0.2) is 5.43 Å². The van der Waals surface area contributed by atoms with Crippen LogP contribution in [0.25, 0.3) is 0 Å². The summed E-state index contributed by atoms with van der Waals surface area (Å²) in [7, 11) is 1.53. The second-order valence-corrected chi connectivity index (χ2v) is 4.99. The monoisotopic (exact) mass is 333 g/mol. The van der Waals surface area contributed by atoms with E-state index in [1.807, 2.05) is 13.8 Å². The highest BCUT2D eigenvalue weighted by atomic mass is 16.5. The molecule has 0 saturated heterocycles. The summed E-state index contributed by atoms with van der Waals surface area (Å²) in [5.74, 6) is -0.426. The van der Waals surface area contributed by atoms with Gasteiger partial charge in [0.2, 0.25) is 0 Å². The molecule has 2 amide bonds. The van der Waals surface area contributed by atoms with Crippen molar-refractivity contribution in [2.75, 3.05) is 13.7 Å². The molecule has 0 bridgehead atoms. The first-order chi connectivity index (χ1) is 11.5. The van der Waals surface area contributed by atoms with Gasteiger partial charge in [0.1, 0.15) is 6.61 Å². The topological polar surface area (TPSA) is 89.0 Å². The van der Waals surface area contributed by atoms with Crippen molar-refractivity contribution in [2.45, 2.75) is 26.3 Å². The van der Waals surface area contributed by atoms with Crippen molar-refractivity contribution in [3.63, 3.8) is 0 Å². The number of ether oxygens (including phenoxy) is 2. The van der Waals surface area contributed by atoms with Crippen molar-refractivity contribution in [3.05, 3.63) is 36.4 Å². The molecule has 1 aromatic carbocycles. The minimum absolute atomic E-state index is 0.0698. The molecule has 0 radical (unpaired) electrons. The van der Waals surface area contributed by atoms with Crippen LogP contribution >= 0.6 is 0 Å². The lowest BCUT2D eigenvalue weighted by Gasteiger charge is -2.10. The highest BCUT2D eigenvalue weighted by molar-refractivity contribution is 6.35. The predicted octanol–water partition coefficient (Wildman–Crippen LogP) is 1.62. The minimum Gasteiger partial charge on any atom is -0.493 e. The molecule has 0 fully saturated rings. The normalized spacial score (nSPS) is 11.6. The summed E-state index contributed by atoms with van der Waals surface area (Å²) < 4.78 is 10.7. The van der Waals surface area contributed by atoms with Gasteiger partial charge in [0, 0.05) is 6.04 Å². The lowest BCUT2D eigenvalue weighted by atomic mass is 10.2. The Balaban J connectivity index is 2.65. The Labute approximate surface area is 141 Å². The molecule has 1 atom stereocenters. The van der Waals surface area contributed by atoms with Crippen LogP contribution in [0.15, 0.2) is 36.0 Å². The maximum atomic E-state index is 11.6. The van der Waals surface area contributed by atoms with E-state index < -0.39 is 11.8 Å². The van der Waals surface area contributed by atoms with Crippen LogP contribution in [-0.4, -0.2) is 37.8 Å². The average molecular weight is 333 g/mol. The Kier molecular flexibility index (Phi) is 8.04. The number of hydrazone groups is 1. The van der Waals surface area contributed by atoms with Crippen molar-refractivity contribution in [1.29, 1.82) is 0 Å². The van der Waals surface area contributed by atoms with Gasteiger partial charge < -0.3 is 14.8 Å². The van der Waals surface area contributed by atoms with Gasteiger partial charge in [0.25, 0.3) is 0 Å². The number of methoxy groups -OCH3 is 1. The zero-order valence-corrected chi connectivity index (χ0v) is 14.2. The lowest BCUT2D eigenvalue weighted by Crippen LogP contribution is -2.41. The van der Waals surface area contributed by atoms with Crippen molar-refractivity contribution in [3.8, 4) is 11.5 Å². The van der Waals surface area contributed by atoms with Crippen molar-refractivity contribution in [2.24, 2.45) is 5.10 Å². The van der Waals surface area contributed by atoms with E-state index in [9.17, 15) is 9.59 Å². The first-order valence-electron chi connectivity index (χ1n) is 7.57. The number of hydrogen-bond donors (Lipinski definition) is 2. The molecule has 24 heavy (non-hydrogen) atoms. The summed E-state index contributed by atoms with van der Waals surface area (Å²) in [6, 6.07) is 5.10. The van der Waals surface area contributed by atoms with E-state index in [0.717, 1.165) is 6.42 Å². The van der Waals surface area contributed by atoms with Crippen molar-refractivity contribution in [1.82, 2.24) is 10.7 Å². The van der Waals surface area contributed by atoms with Gasteiger partial charge in [-0.15, -0.1) is 0 Å². The van der Waals surface area contributed by atoms with Gasteiger partial charge in [0.15, 0.2) is 11.5 Å². The number of benzene rings is 1. The number of hydrogen-bond acceptors (Lipinski definition) is 5. The molecule has 0 aromatic heterocycles. The molecule has 0 aliphatic carbocycles. The lowest BCUT2D eigenvalue weighted by molar-refractivity contribution is -0.139. The standard InChI is InChI=1S/C17H23N3O4/c1-5-9-24-14-8-7-13(10-15(14)23-4)11-18-20-17(22)16(21)19-12(3)6-2/h5,7-8,10-12H,1,6,9H2,2-4H3,(H,19,21)(H,20,22)/b18-11-/t12-/m1/s1. The van der Waals surface area contributed by atoms with Crippen LogP contribution in [0.5, 0.6) is 11.5 Å². The first kappa shape index (κ1) is 19.2. The Bertz CT molecular complexity index is 614. The van der Waals surface area contributed by atoms with Crippen LogP contribution in [-0.2, 0) is 9.59 Å². The van der Waals surface area contributed by atoms with Gasteiger partial charge >= 0.3 is 11.8 Å². The molecular formula is C17H23N3O4. The minimum atomic E-state index is -0.815. The number of amides is 2. The number of carbonyl (C=O) groups is 2. The summed E-state index contributed by atoms with van der Waals surface area (Å²) >= 11 is 0. The van der Waals surface area contributed by atoms with Gasteiger partial charge in [-0.3, -0.25) is 9.59 Å². The molecule has 1 rings (SSSR count). The molecule has 7 heteroatoms. The van der Waals surface area contributed by atoms with Crippen LogP contribution in [0.1, 0.15) is 25.8 Å². The van der Waals surface area contributed by atoms with Crippen LogP contribution in [0.3, 0.4) is 0 Å². The third-order valence-electron chi connectivity index (χ3n) is 3.12. The summed E-state index contributed by atoms with van der Waals surface area (Å²) in [6.07, 6.45) is 3.78. The Morgan fingerprint density at radius 2 is 2.08 bits per heavy atom. The van der Waals surface area contributed by atoms with E-state index in [0.29, 0.717) is 23.7 Å². The van der Waals surface area contributed by atoms with Crippen LogP contribution in [0.4, 0.5) is 0 Å². The molecular weight excluding hydrogens is 310 g/mol. The van der Waals surface area contributed by atoms with Gasteiger partial charge in [-0.05, 0) is 37.1 Å². The van der Waals surface area contributed by atoms with Crippen molar-refractivity contribution >= 4 is 18.0 Å². The highest BCUT2D eigenvalue weighted by Gasteiger charge is 2.14. The highest BCUT2D eigenvalue weighted by Crippen LogP contribution is 2.27. The van der Waals surface area contributed by atoms with E-state index in [2.05, 4.69) is 22.4 Å². The quantitative estimate of drug-likeness (QED) is 0.327. The maximum absolute atomic E-state index is 11.6. The molecule has 130 valence electrons. The van der Waals surface area contributed by atoms with E-state index in [1.54, 1.807) is 24.3 Å². The summed E-state index contributed by atoms with van der Waals surface area (Å²) in [6.45, 7) is 7.68. The number of carbonyl (C=O) groups excluding carboxylic acids is 2. The van der Waals surface area contributed by atoms with Crippen LogP contribution < -0.4 is 20.2 Å². The zero-order valence-electron chi connectivity index (χ0n) is 14.2. The first-order valence-corrected chi connectivity index (χ1v) is 7.57. The van der Waals surface area contributed by atoms with E-state index in [1.165, 1.54) is 13.3 Å². The van der Waals surface area contributed by atoms with E-state index in [-0.39, 0.29) is 6.04 Å². The second kappa shape index (κ2) is 10.0. The SMILES string of the molecule is C=CCOc1ccc(/C=N\NC(=O)C(=O)N[C@H](C)CC)cc1OC. The smallest absolute Gasteiger partial charge is 0.329 e. The number of rotatable bonds is 8. The largest absolute Gasteiger partial charge is 0.493 e. The Morgan fingerprint density at radius 3 is 2.71 bits per heavy atom. The third kappa shape index (κ3) is 6.12. The summed E-state index contributed by atoms with van der Waals surface area (Å²) in [4.78, 5) is 23.1. The van der Waals surface area contributed by atoms with Crippen molar-refractivity contribution < 1.29 is 19.1 Å². The Hall–Kier alpha value is -2.83. The molecule has 0 aliphatic rings. The van der Waals surface area contributed by atoms with Crippen LogP contribution in [0.2, 0.25) is 0 Å². The zero-order chi connectivity index (χ0) is 17.9. The third-order valence-corrected chi connectivity index (χ3v) is 3.12. The molecule has 1 aromatic rings.